The molecule has 0 rings (SSSR count). The number of ether oxygens (including phenoxy) is 1. The van der Waals surface area contributed by atoms with Crippen LogP contribution in [-0.2, 0) is 14.3 Å². The highest BCUT2D eigenvalue weighted by atomic mass is 16.5. The van der Waals surface area contributed by atoms with Crippen LogP contribution in [0.15, 0.2) is 36.5 Å². The van der Waals surface area contributed by atoms with Crippen molar-refractivity contribution in [3.63, 3.8) is 0 Å². The maximum absolute atomic E-state index is 11.6. The Balaban J connectivity index is 3.28. The fourth-order valence-corrected chi connectivity index (χ4v) is 3.26. The predicted octanol–water partition coefficient (Wildman–Crippen LogP) is 8.05. The van der Waals surface area contributed by atoms with Crippen molar-refractivity contribution in [3.8, 4) is 0 Å². The molecule has 0 aromatic carbocycles. The monoisotopic (exact) mass is 418 g/mol. The average molecular weight is 419 g/mol. The van der Waals surface area contributed by atoms with E-state index in [4.69, 9.17) is 4.74 Å². The molecule has 0 aliphatic heterocycles. The van der Waals surface area contributed by atoms with E-state index in [0.717, 1.165) is 12.8 Å². The third-order valence-corrected chi connectivity index (χ3v) is 5.08. The van der Waals surface area contributed by atoms with E-state index in [1.54, 1.807) is 12.2 Å². The number of hydrogen-bond acceptors (Lipinski definition) is 3. The van der Waals surface area contributed by atoms with Crippen LogP contribution in [0, 0.1) is 0 Å². The summed E-state index contributed by atoms with van der Waals surface area (Å²) in [4.78, 5) is 22.1. The zero-order chi connectivity index (χ0) is 22.1. The molecule has 3 nitrogen and oxygen atoms in total. The molecule has 0 spiro atoms. The molecule has 0 aliphatic rings. The standard InChI is InChI=1S/C27H46O3/c1-3-4-5-6-7-8-9-10-11-12-13-14-15-16-17-18-19-20-21-23-27(29)24-22-25-30-26(2)28/h6-7,21-24H,3-5,8-20,25H2,1-2H3/b7-6+,23-21+,24-22+. The summed E-state index contributed by atoms with van der Waals surface area (Å²) < 4.78 is 4.73. The molecule has 0 saturated heterocycles. The van der Waals surface area contributed by atoms with Gasteiger partial charge in [0.15, 0.2) is 5.78 Å². The first-order valence-electron chi connectivity index (χ1n) is 12.3. The molecule has 3 heteroatoms. The number of hydrogen-bond donors (Lipinski definition) is 0. The molecule has 0 fully saturated rings. The van der Waals surface area contributed by atoms with Crippen molar-refractivity contribution < 1.29 is 14.3 Å². The average Bonchev–Trinajstić information content (AvgIpc) is 2.72. The van der Waals surface area contributed by atoms with Gasteiger partial charge in [0.25, 0.3) is 0 Å². The zero-order valence-corrected chi connectivity index (χ0v) is 19.7. The van der Waals surface area contributed by atoms with E-state index in [1.165, 1.54) is 103 Å². The summed E-state index contributed by atoms with van der Waals surface area (Å²) in [6, 6.07) is 0. The van der Waals surface area contributed by atoms with Gasteiger partial charge in [-0.3, -0.25) is 9.59 Å². The van der Waals surface area contributed by atoms with E-state index < -0.39 is 0 Å². The largest absolute Gasteiger partial charge is 0.462 e. The second-order valence-electron chi connectivity index (χ2n) is 8.09. The molecule has 0 saturated carbocycles. The third-order valence-electron chi connectivity index (χ3n) is 5.08. The molecule has 0 atom stereocenters. The van der Waals surface area contributed by atoms with Crippen LogP contribution in [0.5, 0.6) is 0 Å². The zero-order valence-electron chi connectivity index (χ0n) is 19.7. The van der Waals surface area contributed by atoms with Crippen molar-refractivity contribution in [2.45, 2.75) is 117 Å². The summed E-state index contributed by atoms with van der Waals surface area (Å²) in [5, 5.41) is 0. The van der Waals surface area contributed by atoms with Crippen LogP contribution in [0.25, 0.3) is 0 Å². The molecule has 0 radical (unpaired) electrons. The second-order valence-corrected chi connectivity index (χ2v) is 8.09. The normalized spacial score (nSPS) is 11.8. The van der Waals surface area contributed by atoms with Crippen LogP contribution in [-0.4, -0.2) is 18.4 Å². The Morgan fingerprint density at radius 2 is 1.03 bits per heavy atom. The van der Waals surface area contributed by atoms with E-state index in [1.807, 2.05) is 6.08 Å². The van der Waals surface area contributed by atoms with E-state index in [2.05, 4.69) is 19.1 Å². The van der Waals surface area contributed by atoms with Gasteiger partial charge < -0.3 is 4.74 Å². The Bertz CT molecular complexity index is 488. The summed E-state index contributed by atoms with van der Waals surface area (Å²) in [6.45, 7) is 3.76. The fourth-order valence-electron chi connectivity index (χ4n) is 3.26. The summed E-state index contributed by atoms with van der Waals surface area (Å²) in [6.07, 6.45) is 32.1. The quantitative estimate of drug-likeness (QED) is 0.0819. The highest BCUT2D eigenvalue weighted by molar-refractivity contribution is 5.99. The molecule has 30 heavy (non-hydrogen) atoms. The van der Waals surface area contributed by atoms with Crippen LogP contribution in [0.1, 0.15) is 117 Å². The minimum atomic E-state index is -0.334. The fraction of sp³-hybridized carbons (Fsp3) is 0.704. The third kappa shape index (κ3) is 24.4. The highest BCUT2D eigenvalue weighted by Gasteiger charge is 1.94. The number of allylic oxidation sites excluding steroid dienone is 5. The lowest BCUT2D eigenvalue weighted by Crippen LogP contribution is -1.98. The van der Waals surface area contributed by atoms with Crippen molar-refractivity contribution in [2.75, 3.05) is 6.61 Å². The topological polar surface area (TPSA) is 43.4 Å². The minimum Gasteiger partial charge on any atom is -0.462 e. The molecule has 172 valence electrons. The number of ketones is 1. The van der Waals surface area contributed by atoms with Crippen LogP contribution >= 0.6 is 0 Å². The smallest absolute Gasteiger partial charge is 0.302 e. The molecule has 0 bridgehead atoms. The van der Waals surface area contributed by atoms with Gasteiger partial charge in [-0.25, -0.2) is 0 Å². The molecular formula is C27H46O3. The molecule has 0 N–H and O–H groups in total. The number of esters is 1. The first-order valence-corrected chi connectivity index (χ1v) is 12.3. The lowest BCUT2D eigenvalue weighted by molar-refractivity contribution is -0.139. The molecule has 0 unspecified atom stereocenters. The molecule has 0 aromatic rings. The minimum absolute atomic E-state index is 0.0504. The van der Waals surface area contributed by atoms with Gasteiger partial charge in [0.05, 0.1) is 0 Å². The number of rotatable bonds is 21. The summed E-state index contributed by atoms with van der Waals surface area (Å²) >= 11 is 0. The van der Waals surface area contributed by atoms with Gasteiger partial charge in [-0.1, -0.05) is 95.8 Å². The molecule has 0 heterocycles. The maximum atomic E-state index is 11.6. The number of carbonyl (C=O) groups is 2. The van der Waals surface area contributed by atoms with Crippen molar-refractivity contribution >= 4 is 11.8 Å². The van der Waals surface area contributed by atoms with Crippen molar-refractivity contribution in [2.24, 2.45) is 0 Å². The second kappa shape index (κ2) is 23.6. The van der Waals surface area contributed by atoms with Crippen LogP contribution in [0.2, 0.25) is 0 Å². The van der Waals surface area contributed by atoms with E-state index >= 15 is 0 Å². The van der Waals surface area contributed by atoms with E-state index in [-0.39, 0.29) is 18.4 Å². The van der Waals surface area contributed by atoms with Crippen LogP contribution in [0.3, 0.4) is 0 Å². The summed E-state index contributed by atoms with van der Waals surface area (Å²) in [5.74, 6) is -0.384. The lowest BCUT2D eigenvalue weighted by atomic mass is 10.0. The van der Waals surface area contributed by atoms with Crippen molar-refractivity contribution in [1.29, 1.82) is 0 Å². The maximum Gasteiger partial charge on any atom is 0.302 e. The molecular weight excluding hydrogens is 372 g/mol. The number of unbranched alkanes of at least 4 members (excludes halogenated alkanes) is 14. The Kier molecular flexibility index (Phi) is 22.3. The van der Waals surface area contributed by atoms with Crippen LogP contribution < -0.4 is 0 Å². The lowest BCUT2D eigenvalue weighted by Gasteiger charge is -2.02. The van der Waals surface area contributed by atoms with Gasteiger partial charge >= 0.3 is 5.97 Å². The van der Waals surface area contributed by atoms with Crippen molar-refractivity contribution in [1.82, 2.24) is 0 Å². The number of carbonyl (C=O) groups excluding carboxylic acids is 2. The van der Waals surface area contributed by atoms with Gasteiger partial charge in [-0.15, -0.1) is 0 Å². The SMILES string of the molecule is CCCC/C=C/CCCCCCCCCCCCC/C=C/C(=O)/C=C/COC(C)=O. The van der Waals surface area contributed by atoms with Gasteiger partial charge in [0.1, 0.15) is 6.61 Å². The van der Waals surface area contributed by atoms with Gasteiger partial charge in [-0.05, 0) is 50.3 Å². The Labute approximate surface area is 186 Å². The first-order chi connectivity index (χ1) is 14.7. The predicted molar refractivity (Wildman–Crippen MR) is 129 cm³/mol. The Hall–Kier alpha value is -1.64. The van der Waals surface area contributed by atoms with E-state index in [9.17, 15) is 9.59 Å². The van der Waals surface area contributed by atoms with Crippen molar-refractivity contribution in [3.05, 3.63) is 36.5 Å². The highest BCUT2D eigenvalue weighted by Crippen LogP contribution is 2.13. The summed E-state index contributed by atoms with van der Waals surface area (Å²) in [7, 11) is 0. The molecule has 0 aromatic heterocycles. The molecule has 0 aliphatic carbocycles. The van der Waals surface area contributed by atoms with Gasteiger partial charge in [-0.2, -0.15) is 0 Å². The van der Waals surface area contributed by atoms with E-state index in [0.29, 0.717) is 0 Å². The van der Waals surface area contributed by atoms with Gasteiger partial charge in [0.2, 0.25) is 0 Å². The Morgan fingerprint density at radius 1 is 0.600 bits per heavy atom. The summed E-state index contributed by atoms with van der Waals surface area (Å²) in [5.41, 5.74) is 0. The first kappa shape index (κ1) is 28.4. The van der Waals surface area contributed by atoms with Crippen LogP contribution in [0.4, 0.5) is 0 Å². The molecule has 0 amide bonds. The van der Waals surface area contributed by atoms with Gasteiger partial charge in [0, 0.05) is 6.92 Å². The Morgan fingerprint density at radius 3 is 1.53 bits per heavy atom.